The van der Waals surface area contributed by atoms with Crippen LogP contribution in [0.3, 0.4) is 0 Å². The number of anilines is 1. The largest absolute Gasteiger partial charge is 0.454 e. The number of benzene rings is 1. The van der Waals surface area contributed by atoms with Crippen molar-refractivity contribution in [1.82, 2.24) is 0 Å². The summed E-state index contributed by atoms with van der Waals surface area (Å²) < 4.78 is 15.6. The summed E-state index contributed by atoms with van der Waals surface area (Å²) in [4.78, 5) is 0. The summed E-state index contributed by atoms with van der Waals surface area (Å²) in [6, 6.07) is 5.59. The zero-order valence-electron chi connectivity index (χ0n) is 9.81. The molecule has 0 spiro atoms. The minimum Gasteiger partial charge on any atom is -0.454 e. The van der Waals surface area contributed by atoms with E-state index in [1.54, 1.807) is 0 Å². The third-order valence-corrected chi connectivity index (χ3v) is 2.43. The molecule has 5 nitrogen and oxygen atoms in total. The summed E-state index contributed by atoms with van der Waals surface area (Å²) in [6.07, 6.45) is -0.514. The lowest BCUT2D eigenvalue weighted by Crippen LogP contribution is -2.24. The molecule has 1 aromatic carbocycles. The molecule has 2 N–H and O–H groups in total. The molecule has 1 aromatic rings. The van der Waals surface area contributed by atoms with Crippen molar-refractivity contribution in [3.8, 4) is 11.5 Å². The first-order valence-corrected chi connectivity index (χ1v) is 5.69. The minimum absolute atomic E-state index is 0.270. The van der Waals surface area contributed by atoms with Gasteiger partial charge >= 0.3 is 0 Å². The second-order valence-corrected chi connectivity index (χ2v) is 3.76. The molecule has 0 aromatic heterocycles. The van der Waals surface area contributed by atoms with Crippen LogP contribution in [0.5, 0.6) is 11.5 Å². The van der Waals surface area contributed by atoms with Gasteiger partial charge in [-0.15, -0.1) is 0 Å². The topological polar surface area (TPSA) is 60.0 Å². The first-order chi connectivity index (χ1) is 8.29. The van der Waals surface area contributed by atoms with E-state index in [1.807, 2.05) is 25.1 Å². The summed E-state index contributed by atoms with van der Waals surface area (Å²) in [6.45, 7) is 3.57. The number of rotatable bonds is 6. The van der Waals surface area contributed by atoms with Gasteiger partial charge in [-0.3, -0.25) is 0 Å². The number of ether oxygens (including phenoxy) is 3. The molecule has 0 radical (unpaired) electrons. The van der Waals surface area contributed by atoms with E-state index in [2.05, 4.69) is 5.32 Å². The van der Waals surface area contributed by atoms with E-state index in [0.717, 1.165) is 17.2 Å². The van der Waals surface area contributed by atoms with Crippen LogP contribution in [0.15, 0.2) is 18.2 Å². The van der Waals surface area contributed by atoms with Crippen LogP contribution in [0.2, 0.25) is 0 Å². The molecule has 1 aliphatic rings. The van der Waals surface area contributed by atoms with Gasteiger partial charge in [0.15, 0.2) is 11.5 Å². The first-order valence-electron chi connectivity index (χ1n) is 5.69. The van der Waals surface area contributed by atoms with E-state index in [1.165, 1.54) is 0 Å². The predicted molar refractivity (Wildman–Crippen MR) is 63.6 cm³/mol. The van der Waals surface area contributed by atoms with Gasteiger partial charge in [-0.05, 0) is 19.1 Å². The van der Waals surface area contributed by atoms with Gasteiger partial charge in [0.25, 0.3) is 0 Å². The van der Waals surface area contributed by atoms with Gasteiger partial charge in [0.05, 0.1) is 12.7 Å². The molecular weight excluding hydrogens is 222 g/mol. The van der Waals surface area contributed by atoms with Gasteiger partial charge < -0.3 is 24.6 Å². The summed E-state index contributed by atoms with van der Waals surface area (Å²) in [5.74, 6) is 1.49. The van der Waals surface area contributed by atoms with Crippen molar-refractivity contribution >= 4 is 5.69 Å². The summed E-state index contributed by atoms with van der Waals surface area (Å²) in [7, 11) is 0. The lowest BCUT2D eigenvalue weighted by molar-refractivity contribution is 0.0496. The van der Waals surface area contributed by atoms with Crippen molar-refractivity contribution in [2.75, 3.05) is 31.9 Å². The standard InChI is InChI=1S/C12H17NO4/c1-2-15-7-10(14)6-13-9-3-4-11-12(5-9)17-8-16-11/h3-5,10,13-14H,2,6-8H2,1H3. The molecule has 2 rings (SSSR count). The fourth-order valence-electron chi connectivity index (χ4n) is 1.55. The minimum atomic E-state index is -0.514. The van der Waals surface area contributed by atoms with Gasteiger partial charge in [0.2, 0.25) is 6.79 Å². The van der Waals surface area contributed by atoms with E-state index in [0.29, 0.717) is 19.8 Å². The van der Waals surface area contributed by atoms with Crippen LogP contribution < -0.4 is 14.8 Å². The molecule has 0 aliphatic carbocycles. The molecule has 0 saturated carbocycles. The van der Waals surface area contributed by atoms with Crippen LogP contribution in [0.1, 0.15) is 6.92 Å². The highest BCUT2D eigenvalue weighted by atomic mass is 16.7. The van der Waals surface area contributed by atoms with E-state index in [9.17, 15) is 5.11 Å². The Labute approximate surface area is 100 Å². The summed E-state index contributed by atoms with van der Waals surface area (Å²) in [5.41, 5.74) is 0.893. The Bertz CT molecular complexity index is 370. The third kappa shape index (κ3) is 3.25. The van der Waals surface area contributed by atoms with Gasteiger partial charge in [-0.1, -0.05) is 0 Å². The average Bonchev–Trinajstić information content (AvgIpc) is 2.81. The van der Waals surface area contributed by atoms with Crippen LogP contribution in [0, 0.1) is 0 Å². The SMILES string of the molecule is CCOCC(O)CNc1ccc2c(c1)OCO2. The van der Waals surface area contributed by atoms with Crippen molar-refractivity contribution in [1.29, 1.82) is 0 Å². The average molecular weight is 239 g/mol. The first kappa shape index (κ1) is 12.0. The molecule has 17 heavy (non-hydrogen) atoms. The van der Waals surface area contributed by atoms with Crippen LogP contribution in [0.4, 0.5) is 5.69 Å². The predicted octanol–water partition coefficient (Wildman–Crippen LogP) is 1.22. The molecule has 0 amide bonds. The molecule has 1 atom stereocenters. The van der Waals surface area contributed by atoms with Crippen LogP contribution in [0.25, 0.3) is 0 Å². The van der Waals surface area contributed by atoms with Crippen molar-refractivity contribution in [2.24, 2.45) is 0 Å². The van der Waals surface area contributed by atoms with E-state index in [4.69, 9.17) is 14.2 Å². The molecule has 1 aliphatic heterocycles. The maximum atomic E-state index is 9.59. The zero-order chi connectivity index (χ0) is 12.1. The van der Waals surface area contributed by atoms with Gasteiger partial charge in [-0.2, -0.15) is 0 Å². The highest BCUT2D eigenvalue weighted by molar-refractivity contribution is 5.55. The highest BCUT2D eigenvalue weighted by Gasteiger charge is 2.13. The summed E-state index contributed by atoms with van der Waals surface area (Å²) in [5, 5.41) is 12.7. The van der Waals surface area contributed by atoms with Crippen molar-refractivity contribution in [3.05, 3.63) is 18.2 Å². The Kier molecular flexibility index (Phi) is 4.06. The molecule has 1 unspecified atom stereocenters. The zero-order valence-corrected chi connectivity index (χ0v) is 9.81. The monoisotopic (exact) mass is 239 g/mol. The molecule has 94 valence electrons. The fraction of sp³-hybridized carbons (Fsp3) is 0.500. The number of aliphatic hydroxyl groups is 1. The van der Waals surface area contributed by atoms with Crippen LogP contribution in [-0.4, -0.2) is 37.8 Å². The van der Waals surface area contributed by atoms with Crippen molar-refractivity contribution < 1.29 is 19.3 Å². The van der Waals surface area contributed by atoms with Crippen molar-refractivity contribution in [3.63, 3.8) is 0 Å². The lowest BCUT2D eigenvalue weighted by atomic mass is 10.2. The van der Waals surface area contributed by atoms with Crippen LogP contribution in [-0.2, 0) is 4.74 Å². The van der Waals surface area contributed by atoms with E-state index in [-0.39, 0.29) is 6.79 Å². The Morgan fingerprint density at radius 3 is 3.06 bits per heavy atom. The van der Waals surface area contributed by atoms with Crippen LogP contribution >= 0.6 is 0 Å². The van der Waals surface area contributed by atoms with Gasteiger partial charge in [0.1, 0.15) is 0 Å². The molecule has 1 heterocycles. The second kappa shape index (κ2) is 5.75. The van der Waals surface area contributed by atoms with E-state index < -0.39 is 6.10 Å². The molecule has 0 saturated heterocycles. The Morgan fingerprint density at radius 1 is 1.41 bits per heavy atom. The third-order valence-electron chi connectivity index (χ3n) is 2.43. The maximum Gasteiger partial charge on any atom is 0.231 e. The number of fused-ring (bicyclic) bond motifs is 1. The fourth-order valence-corrected chi connectivity index (χ4v) is 1.55. The highest BCUT2D eigenvalue weighted by Crippen LogP contribution is 2.34. The Balaban J connectivity index is 1.83. The normalized spacial score (nSPS) is 14.7. The van der Waals surface area contributed by atoms with Gasteiger partial charge in [-0.25, -0.2) is 0 Å². The second-order valence-electron chi connectivity index (χ2n) is 3.76. The Morgan fingerprint density at radius 2 is 2.24 bits per heavy atom. The number of hydrogen-bond acceptors (Lipinski definition) is 5. The van der Waals surface area contributed by atoms with Crippen molar-refractivity contribution in [2.45, 2.75) is 13.0 Å². The number of aliphatic hydroxyl groups excluding tert-OH is 1. The number of hydrogen-bond donors (Lipinski definition) is 2. The van der Waals surface area contributed by atoms with E-state index >= 15 is 0 Å². The Hall–Kier alpha value is -1.46. The van der Waals surface area contributed by atoms with Gasteiger partial charge in [0, 0.05) is 24.9 Å². The lowest BCUT2D eigenvalue weighted by Gasteiger charge is -2.12. The summed E-state index contributed by atoms with van der Waals surface area (Å²) >= 11 is 0. The molecule has 0 bridgehead atoms. The quantitative estimate of drug-likeness (QED) is 0.781. The smallest absolute Gasteiger partial charge is 0.231 e. The molecule has 5 heteroatoms. The maximum absolute atomic E-state index is 9.59. The molecule has 0 fully saturated rings. The molecular formula is C12H17NO4. The number of nitrogens with one attached hydrogen (secondary N) is 1.